The summed E-state index contributed by atoms with van der Waals surface area (Å²) in [5, 5.41) is 3.56. The van der Waals surface area contributed by atoms with Crippen molar-refractivity contribution in [2.75, 3.05) is 33.7 Å². The van der Waals surface area contributed by atoms with E-state index < -0.39 is 0 Å². The molecule has 0 radical (unpaired) electrons. The molecule has 0 aromatic heterocycles. The molecule has 0 bridgehead atoms. The molecule has 1 N–H and O–H groups in total. The smallest absolute Gasteiger partial charge is 0.243 e. The highest BCUT2D eigenvalue weighted by molar-refractivity contribution is 5.85. The highest BCUT2D eigenvalue weighted by Crippen LogP contribution is 2.50. The van der Waals surface area contributed by atoms with E-state index in [2.05, 4.69) is 22.1 Å². The van der Waals surface area contributed by atoms with Crippen LogP contribution in [0, 0.1) is 11.3 Å². The van der Waals surface area contributed by atoms with Crippen molar-refractivity contribution in [2.24, 2.45) is 16.3 Å². The number of likely N-dealkylation sites (N-methyl/N-ethyl adjacent to an activating group) is 1. The van der Waals surface area contributed by atoms with Gasteiger partial charge in [-0.15, -0.1) is 0 Å². The van der Waals surface area contributed by atoms with E-state index in [-0.39, 0.29) is 12.5 Å². The fourth-order valence-corrected chi connectivity index (χ4v) is 3.66. The maximum absolute atomic E-state index is 11.9. The molecule has 1 atom stereocenters. The van der Waals surface area contributed by atoms with Gasteiger partial charge in [0.2, 0.25) is 5.91 Å². The van der Waals surface area contributed by atoms with Gasteiger partial charge in [-0.3, -0.25) is 4.79 Å². The fraction of sp³-hybridized carbons (Fsp3) is 0.882. The SMILES string of the molecule is CC1CCN(C(=NCC(=O)N(C)C)NC2CC2)CC12CCC2. The van der Waals surface area contributed by atoms with E-state index in [1.807, 2.05) is 0 Å². The van der Waals surface area contributed by atoms with Crippen LogP contribution < -0.4 is 5.32 Å². The van der Waals surface area contributed by atoms with E-state index in [0.717, 1.165) is 25.0 Å². The second-order valence-electron chi connectivity index (χ2n) is 7.67. The molecule has 0 aromatic carbocycles. The average molecular weight is 306 g/mol. The third-order valence-electron chi connectivity index (χ3n) is 5.81. The number of nitrogens with zero attached hydrogens (tertiary/aromatic N) is 3. The minimum Gasteiger partial charge on any atom is -0.353 e. The van der Waals surface area contributed by atoms with Crippen LogP contribution in [0.25, 0.3) is 0 Å². The zero-order valence-electron chi connectivity index (χ0n) is 14.3. The number of carbonyl (C=O) groups excluding carboxylic acids is 1. The topological polar surface area (TPSA) is 47.9 Å². The Kier molecular flexibility index (Phi) is 4.33. The van der Waals surface area contributed by atoms with Gasteiger partial charge in [0.15, 0.2) is 5.96 Å². The van der Waals surface area contributed by atoms with Crippen molar-refractivity contribution >= 4 is 11.9 Å². The van der Waals surface area contributed by atoms with Crippen molar-refractivity contribution in [2.45, 2.75) is 51.5 Å². The van der Waals surface area contributed by atoms with Gasteiger partial charge in [0.25, 0.3) is 0 Å². The van der Waals surface area contributed by atoms with Gasteiger partial charge in [0, 0.05) is 33.2 Å². The molecule has 5 heteroatoms. The lowest BCUT2D eigenvalue weighted by molar-refractivity contribution is -0.127. The van der Waals surface area contributed by atoms with Crippen molar-refractivity contribution in [3.8, 4) is 0 Å². The molecule has 2 aliphatic carbocycles. The first kappa shape index (κ1) is 15.6. The van der Waals surface area contributed by atoms with Gasteiger partial charge < -0.3 is 15.1 Å². The number of rotatable bonds is 3. The van der Waals surface area contributed by atoms with Crippen LogP contribution in [0.3, 0.4) is 0 Å². The van der Waals surface area contributed by atoms with Gasteiger partial charge >= 0.3 is 0 Å². The highest BCUT2D eigenvalue weighted by Gasteiger charge is 2.46. The lowest BCUT2D eigenvalue weighted by Gasteiger charge is -2.53. The van der Waals surface area contributed by atoms with Gasteiger partial charge in [0.1, 0.15) is 6.54 Å². The largest absolute Gasteiger partial charge is 0.353 e. The molecule has 22 heavy (non-hydrogen) atoms. The number of carbonyl (C=O) groups is 1. The van der Waals surface area contributed by atoms with Crippen LogP contribution >= 0.6 is 0 Å². The van der Waals surface area contributed by atoms with E-state index in [4.69, 9.17) is 0 Å². The molecular weight excluding hydrogens is 276 g/mol. The summed E-state index contributed by atoms with van der Waals surface area (Å²) < 4.78 is 0. The van der Waals surface area contributed by atoms with Crippen molar-refractivity contribution < 1.29 is 4.79 Å². The van der Waals surface area contributed by atoms with Gasteiger partial charge in [-0.25, -0.2) is 4.99 Å². The molecule has 1 spiro atoms. The summed E-state index contributed by atoms with van der Waals surface area (Å²) in [6.45, 7) is 4.85. The van der Waals surface area contributed by atoms with Crippen LogP contribution in [-0.2, 0) is 4.79 Å². The lowest BCUT2D eigenvalue weighted by Crippen LogP contribution is -2.56. The zero-order chi connectivity index (χ0) is 15.7. The van der Waals surface area contributed by atoms with E-state index in [1.165, 1.54) is 38.5 Å². The number of hydrogen-bond donors (Lipinski definition) is 1. The molecule has 124 valence electrons. The van der Waals surface area contributed by atoms with Crippen LogP contribution in [0.2, 0.25) is 0 Å². The quantitative estimate of drug-likeness (QED) is 0.638. The standard InChI is InChI=1S/C17H30N4O/c1-13-7-10-21(12-17(13)8-4-9-17)16(19-14-5-6-14)18-11-15(22)20(2)3/h13-14H,4-12H2,1-3H3,(H,18,19). The summed E-state index contributed by atoms with van der Waals surface area (Å²) >= 11 is 0. The summed E-state index contributed by atoms with van der Waals surface area (Å²) in [6.07, 6.45) is 7.80. The second-order valence-corrected chi connectivity index (χ2v) is 7.67. The average Bonchev–Trinajstić information content (AvgIpc) is 3.25. The van der Waals surface area contributed by atoms with Gasteiger partial charge in [0.05, 0.1) is 0 Å². The van der Waals surface area contributed by atoms with E-state index in [9.17, 15) is 4.79 Å². The molecule has 1 amide bonds. The molecule has 1 saturated heterocycles. The van der Waals surface area contributed by atoms with Gasteiger partial charge in [-0.2, -0.15) is 0 Å². The van der Waals surface area contributed by atoms with Gasteiger partial charge in [-0.1, -0.05) is 13.3 Å². The first-order valence-corrected chi connectivity index (χ1v) is 8.76. The summed E-state index contributed by atoms with van der Waals surface area (Å²) in [5.74, 6) is 1.86. The Bertz CT molecular complexity index is 452. The number of aliphatic imine (C=N–C) groups is 1. The van der Waals surface area contributed by atoms with Crippen LogP contribution in [0.15, 0.2) is 4.99 Å². The number of guanidine groups is 1. The number of nitrogens with one attached hydrogen (secondary N) is 1. The van der Waals surface area contributed by atoms with Crippen molar-refractivity contribution in [3.05, 3.63) is 0 Å². The Labute approximate surface area is 134 Å². The molecule has 3 fully saturated rings. The molecule has 3 rings (SSSR count). The molecule has 1 unspecified atom stereocenters. The Hall–Kier alpha value is -1.26. The number of hydrogen-bond acceptors (Lipinski definition) is 2. The van der Waals surface area contributed by atoms with Crippen LogP contribution in [-0.4, -0.2) is 61.4 Å². The maximum Gasteiger partial charge on any atom is 0.243 e. The maximum atomic E-state index is 11.9. The Morgan fingerprint density at radius 2 is 2.05 bits per heavy atom. The number of likely N-dealkylation sites (tertiary alicyclic amines) is 1. The molecular formula is C17H30N4O. The Morgan fingerprint density at radius 3 is 2.59 bits per heavy atom. The summed E-state index contributed by atoms with van der Waals surface area (Å²) in [4.78, 5) is 20.5. The second kappa shape index (κ2) is 6.09. The predicted octanol–water partition coefficient (Wildman–Crippen LogP) is 1.69. The lowest BCUT2D eigenvalue weighted by atomic mass is 9.59. The number of amides is 1. The summed E-state index contributed by atoms with van der Waals surface area (Å²) in [6, 6.07) is 0.574. The molecule has 5 nitrogen and oxygen atoms in total. The predicted molar refractivity (Wildman–Crippen MR) is 88.8 cm³/mol. The van der Waals surface area contributed by atoms with Crippen LogP contribution in [0.4, 0.5) is 0 Å². The van der Waals surface area contributed by atoms with Crippen LogP contribution in [0.1, 0.15) is 45.4 Å². The molecule has 0 aromatic rings. The molecule has 2 saturated carbocycles. The Morgan fingerprint density at radius 1 is 1.32 bits per heavy atom. The van der Waals surface area contributed by atoms with Crippen LogP contribution in [0.5, 0.6) is 0 Å². The first-order chi connectivity index (χ1) is 10.5. The molecule has 1 aliphatic heterocycles. The van der Waals surface area contributed by atoms with E-state index in [1.54, 1.807) is 19.0 Å². The number of piperidine rings is 1. The highest BCUT2D eigenvalue weighted by atomic mass is 16.2. The first-order valence-electron chi connectivity index (χ1n) is 8.76. The zero-order valence-corrected chi connectivity index (χ0v) is 14.3. The summed E-state index contributed by atoms with van der Waals surface area (Å²) in [7, 11) is 3.58. The summed E-state index contributed by atoms with van der Waals surface area (Å²) in [5.41, 5.74) is 0.510. The Balaban J connectivity index is 1.68. The van der Waals surface area contributed by atoms with Gasteiger partial charge in [-0.05, 0) is 43.4 Å². The molecule has 1 heterocycles. The monoisotopic (exact) mass is 306 g/mol. The van der Waals surface area contributed by atoms with Crippen molar-refractivity contribution in [1.29, 1.82) is 0 Å². The third kappa shape index (κ3) is 3.23. The van der Waals surface area contributed by atoms with E-state index in [0.29, 0.717) is 11.5 Å². The molecule has 3 aliphatic rings. The minimum absolute atomic E-state index is 0.0684. The third-order valence-corrected chi connectivity index (χ3v) is 5.81. The fourth-order valence-electron chi connectivity index (χ4n) is 3.66. The van der Waals surface area contributed by atoms with E-state index >= 15 is 0 Å². The van der Waals surface area contributed by atoms with Crippen molar-refractivity contribution in [3.63, 3.8) is 0 Å². The minimum atomic E-state index is 0.0684. The normalized spacial score (nSPS) is 27.5. The van der Waals surface area contributed by atoms with Crippen molar-refractivity contribution in [1.82, 2.24) is 15.1 Å².